The fraction of sp³-hybridized carbons (Fsp3) is 0.571. The minimum absolute atomic E-state index is 0. The van der Waals surface area contributed by atoms with Crippen molar-refractivity contribution in [3.8, 4) is 0 Å². The van der Waals surface area contributed by atoms with Crippen LogP contribution in [-0.2, 0) is 39.3 Å². The number of aryl methyl sites for hydroxylation is 3. The van der Waals surface area contributed by atoms with Crippen molar-refractivity contribution in [1.29, 1.82) is 0 Å². The van der Waals surface area contributed by atoms with Crippen LogP contribution in [0.3, 0.4) is 0 Å². The van der Waals surface area contributed by atoms with Crippen molar-refractivity contribution in [2.45, 2.75) is 27.3 Å². The van der Waals surface area contributed by atoms with Gasteiger partial charge in [0.2, 0.25) is 0 Å². The first-order valence-electron chi connectivity index (χ1n) is 3.25. The SMILES string of the molecule is CCn1nc(C)cc1C.[Y]. The fourth-order valence-corrected chi connectivity index (χ4v) is 0.995. The van der Waals surface area contributed by atoms with Gasteiger partial charge in [-0.25, -0.2) is 0 Å². The molecule has 0 bridgehead atoms. The van der Waals surface area contributed by atoms with Crippen molar-refractivity contribution in [2.75, 3.05) is 0 Å². The van der Waals surface area contributed by atoms with Crippen molar-refractivity contribution < 1.29 is 32.7 Å². The van der Waals surface area contributed by atoms with E-state index in [0.717, 1.165) is 12.2 Å². The zero-order chi connectivity index (χ0) is 6.85. The molecule has 1 aromatic rings. The molecule has 0 amide bonds. The Morgan fingerprint density at radius 3 is 2.30 bits per heavy atom. The van der Waals surface area contributed by atoms with Gasteiger partial charge in [-0.1, -0.05) is 0 Å². The van der Waals surface area contributed by atoms with Crippen LogP contribution in [0.5, 0.6) is 0 Å². The van der Waals surface area contributed by atoms with E-state index in [-0.39, 0.29) is 32.7 Å². The van der Waals surface area contributed by atoms with Crippen LogP contribution in [0.25, 0.3) is 0 Å². The first kappa shape index (κ1) is 10.3. The van der Waals surface area contributed by atoms with Gasteiger partial charge in [-0.15, -0.1) is 0 Å². The van der Waals surface area contributed by atoms with E-state index in [1.165, 1.54) is 5.69 Å². The molecule has 0 N–H and O–H groups in total. The van der Waals surface area contributed by atoms with Crippen LogP contribution in [0.15, 0.2) is 6.07 Å². The van der Waals surface area contributed by atoms with Crippen LogP contribution in [0, 0.1) is 13.8 Å². The summed E-state index contributed by atoms with van der Waals surface area (Å²) in [6, 6.07) is 2.09. The summed E-state index contributed by atoms with van der Waals surface area (Å²) < 4.78 is 2.00. The van der Waals surface area contributed by atoms with E-state index in [9.17, 15) is 0 Å². The number of hydrogen-bond donors (Lipinski definition) is 0. The summed E-state index contributed by atoms with van der Waals surface area (Å²) in [5.74, 6) is 0. The van der Waals surface area contributed by atoms with Crippen molar-refractivity contribution >= 4 is 0 Å². The van der Waals surface area contributed by atoms with Gasteiger partial charge in [0, 0.05) is 44.9 Å². The zero-order valence-electron chi connectivity index (χ0n) is 6.76. The van der Waals surface area contributed by atoms with Gasteiger partial charge in [0.1, 0.15) is 0 Å². The summed E-state index contributed by atoms with van der Waals surface area (Å²) >= 11 is 0. The van der Waals surface area contributed by atoms with Crippen LogP contribution >= 0.6 is 0 Å². The van der Waals surface area contributed by atoms with Gasteiger partial charge in [-0.05, 0) is 26.8 Å². The van der Waals surface area contributed by atoms with E-state index in [4.69, 9.17) is 0 Å². The number of rotatable bonds is 1. The van der Waals surface area contributed by atoms with Crippen LogP contribution in [0.4, 0.5) is 0 Å². The zero-order valence-corrected chi connectivity index (χ0v) is 9.59. The Bertz CT molecular complexity index is 205. The Labute approximate surface area is 86.9 Å². The molecule has 0 atom stereocenters. The molecule has 1 heterocycles. The molecule has 1 rings (SSSR count). The minimum atomic E-state index is 0. The van der Waals surface area contributed by atoms with E-state index >= 15 is 0 Å². The average molecular weight is 213 g/mol. The second kappa shape index (κ2) is 4.25. The van der Waals surface area contributed by atoms with Crippen LogP contribution in [0.2, 0.25) is 0 Å². The van der Waals surface area contributed by atoms with E-state index < -0.39 is 0 Å². The first-order valence-corrected chi connectivity index (χ1v) is 3.25. The molecule has 0 aliphatic heterocycles. The molecule has 0 aliphatic rings. The first-order chi connectivity index (χ1) is 4.24. The smallest absolute Gasteiger partial charge is 0.0596 e. The van der Waals surface area contributed by atoms with E-state index in [2.05, 4.69) is 25.0 Å². The third-order valence-corrected chi connectivity index (χ3v) is 1.40. The standard InChI is InChI=1S/C7H12N2.Y/c1-4-9-7(3)5-6(2)8-9;/h5H,4H2,1-3H3;. The predicted molar refractivity (Wildman–Crippen MR) is 37.4 cm³/mol. The minimum Gasteiger partial charge on any atom is -0.270 e. The average Bonchev–Trinajstić information content (AvgIpc) is 2.10. The Balaban J connectivity index is 0.000000810. The van der Waals surface area contributed by atoms with Gasteiger partial charge < -0.3 is 0 Å². The van der Waals surface area contributed by atoms with Gasteiger partial charge in [-0.3, -0.25) is 4.68 Å². The summed E-state index contributed by atoms with van der Waals surface area (Å²) in [6.07, 6.45) is 0. The molecule has 0 fully saturated rings. The Hall–Kier alpha value is 0.314. The summed E-state index contributed by atoms with van der Waals surface area (Å²) in [5, 5.41) is 4.25. The molecule has 53 valence electrons. The van der Waals surface area contributed by atoms with Gasteiger partial charge in [0.25, 0.3) is 0 Å². The topological polar surface area (TPSA) is 17.8 Å². The molecule has 1 aromatic heterocycles. The normalized spacial score (nSPS) is 9.10. The van der Waals surface area contributed by atoms with Gasteiger partial charge in [0.05, 0.1) is 5.69 Å². The van der Waals surface area contributed by atoms with Crippen molar-refractivity contribution in [3.63, 3.8) is 0 Å². The van der Waals surface area contributed by atoms with Gasteiger partial charge >= 0.3 is 0 Å². The fourth-order valence-electron chi connectivity index (χ4n) is 0.995. The Morgan fingerprint density at radius 2 is 2.10 bits per heavy atom. The molecule has 0 aliphatic carbocycles. The summed E-state index contributed by atoms with van der Waals surface area (Å²) in [4.78, 5) is 0. The van der Waals surface area contributed by atoms with Crippen molar-refractivity contribution in [3.05, 3.63) is 17.5 Å². The quantitative estimate of drug-likeness (QED) is 0.691. The maximum atomic E-state index is 4.25. The molecule has 3 heteroatoms. The second-order valence-corrected chi connectivity index (χ2v) is 2.24. The maximum absolute atomic E-state index is 4.25. The molecule has 0 unspecified atom stereocenters. The summed E-state index contributed by atoms with van der Waals surface area (Å²) in [5.41, 5.74) is 2.35. The molecular weight excluding hydrogens is 201 g/mol. The van der Waals surface area contributed by atoms with Crippen molar-refractivity contribution in [2.24, 2.45) is 0 Å². The molecule has 0 aromatic carbocycles. The third-order valence-electron chi connectivity index (χ3n) is 1.40. The molecule has 0 saturated carbocycles. The van der Waals surface area contributed by atoms with Gasteiger partial charge in [0.15, 0.2) is 0 Å². The monoisotopic (exact) mass is 213 g/mol. The summed E-state index contributed by atoms with van der Waals surface area (Å²) in [6.45, 7) is 7.15. The maximum Gasteiger partial charge on any atom is 0.0596 e. The van der Waals surface area contributed by atoms with E-state index in [1.54, 1.807) is 0 Å². The number of hydrogen-bond acceptors (Lipinski definition) is 1. The molecule has 1 radical (unpaired) electrons. The van der Waals surface area contributed by atoms with E-state index in [0.29, 0.717) is 0 Å². The Kier molecular flexibility index (Phi) is 4.38. The molecule has 0 spiro atoms. The van der Waals surface area contributed by atoms with Crippen molar-refractivity contribution in [1.82, 2.24) is 9.78 Å². The van der Waals surface area contributed by atoms with Gasteiger partial charge in [-0.2, -0.15) is 5.10 Å². The molecule has 0 saturated heterocycles. The summed E-state index contributed by atoms with van der Waals surface area (Å²) in [7, 11) is 0. The van der Waals surface area contributed by atoms with Crippen LogP contribution in [0.1, 0.15) is 18.3 Å². The number of aromatic nitrogens is 2. The predicted octanol–water partition coefficient (Wildman–Crippen LogP) is 1.52. The second-order valence-electron chi connectivity index (χ2n) is 2.24. The molecule has 10 heavy (non-hydrogen) atoms. The van der Waals surface area contributed by atoms with Crippen LogP contribution in [-0.4, -0.2) is 9.78 Å². The van der Waals surface area contributed by atoms with E-state index in [1.807, 2.05) is 11.6 Å². The molecule has 2 nitrogen and oxygen atoms in total. The van der Waals surface area contributed by atoms with Crippen LogP contribution < -0.4 is 0 Å². The molecular formula is C7H12N2Y. The largest absolute Gasteiger partial charge is 0.270 e. The Morgan fingerprint density at radius 1 is 1.50 bits per heavy atom. The number of nitrogens with zero attached hydrogens (tertiary/aromatic N) is 2. The third kappa shape index (κ3) is 2.17.